The second kappa shape index (κ2) is 8.19. The number of hydrogen-bond acceptors (Lipinski definition) is 2. The summed E-state index contributed by atoms with van der Waals surface area (Å²) in [5.74, 6) is 0.516. The lowest BCUT2D eigenvalue weighted by molar-refractivity contribution is -0.143. The van der Waals surface area contributed by atoms with Gasteiger partial charge in [-0.05, 0) is 60.9 Å². The van der Waals surface area contributed by atoms with Crippen LogP contribution in [0.2, 0.25) is 0 Å². The van der Waals surface area contributed by atoms with E-state index in [9.17, 15) is 26.3 Å². The number of alkyl halides is 6. The van der Waals surface area contributed by atoms with Gasteiger partial charge in [-0.15, -0.1) is 0 Å². The van der Waals surface area contributed by atoms with E-state index in [4.69, 9.17) is 4.74 Å². The number of likely N-dealkylation sites (tertiary alicyclic amines) is 1. The number of nitrogens with zero attached hydrogens (tertiary/aromatic N) is 1. The van der Waals surface area contributed by atoms with Crippen LogP contribution in [0, 0.1) is 5.41 Å². The fourth-order valence-electron chi connectivity index (χ4n) is 3.80. The fraction of sp³-hybridized carbons (Fsp3) is 0.545. The summed E-state index contributed by atoms with van der Waals surface area (Å²) in [6.07, 6.45) is -2.06. The van der Waals surface area contributed by atoms with Gasteiger partial charge in [-0.1, -0.05) is 19.9 Å². The molecule has 166 valence electrons. The summed E-state index contributed by atoms with van der Waals surface area (Å²) in [5.41, 5.74) is -1.96. The normalized spacial score (nSPS) is 19.9. The molecular formula is C22H25F6NO. The number of benzene rings is 1. The van der Waals surface area contributed by atoms with Gasteiger partial charge in [0.15, 0.2) is 0 Å². The van der Waals surface area contributed by atoms with Crippen molar-refractivity contribution >= 4 is 0 Å². The lowest BCUT2D eigenvalue weighted by Crippen LogP contribution is -2.33. The third-order valence-corrected chi connectivity index (χ3v) is 5.37. The van der Waals surface area contributed by atoms with Gasteiger partial charge in [0.2, 0.25) is 0 Å². The smallest absolute Gasteiger partial charge is 0.416 e. The minimum Gasteiger partial charge on any atom is -0.487 e. The van der Waals surface area contributed by atoms with Crippen LogP contribution < -0.4 is 0 Å². The number of rotatable bonds is 4. The lowest BCUT2D eigenvalue weighted by atomic mass is 9.83. The molecule has 0 unspecified atom stereocenters. The lowest BCUT2D eigenvalue weighted by Gasteiger charge is -2.37. The van der Waals surface area contributed by atoms with Crippen molar-refractivity contribution in [3.05, 3.63) is 58.5 Å². The number of ether oxygens (including phenoxy) is 1. The minimum absolute atomic E-state index is 0.0979. The Morgan fingerprint density at radius 3 is 2.00 bits per heavy atom. The molecule has 0 radical (unpaired) electrons. The first kappa shape index (κ1) is 22.6. The number of allylic oxidation sites excluding steroid dienone is 3. The molecule has 8 heteroatoms. The highest BCUT2D eigenvalue weighted by Gasteiger charge is 2.37. The Labute approximate surface area is 172 Å². The summed E-state index contributed by atoms with van der Waals surface area (Å²) in [4.78, 5) is 2.22. The van der Waals surface area contributed by atoms with Crippen LogP contribution in [0.25, 0.3) is 0 Å². The Balaban J connectivity index is 1.88. The maximum Gasteiger partial charge on any atom is 0.416 e. The molecule has 0 saturated carbocycles. The van der Waals surface area contributed by atoms with Crippen molar-refractivity contribution < 1.29 is 31.1 Å². The predicted octanol–water partition coefficient (Wildman–Crippen LogP) is 6.92. The standard InChI is InChI=1S/C22H25F6NO/c1-20(2)7-6-19(18(13-20)29-8-4-3-5-9-29)30-14-15-10-16(21(23,24)25)12-17(11-15)22(26,27)28/h6-7,10-12H,3-5,8-9,13-14H2,1-2H3. The number of hydrogen-bond donors (Lipinski definition) is 0. The molecular weight excluding hydrogens is 408 g/mol. The van der Waals surface area contributed by atoms with Crippen LogP contribution in [0.4, 0.5) is 26.3 Å². The van der Waals surface area contributed by atoms with Gasteiger partial charge in [0.05, 0.1) is 16.8 Å². The molecule has 1 aliphatic carbocycles. The molecule has 1 aromatic rings. The minimum atomic E-state index is -4.87. The van der Waals surface area contributed by atoms with Crippen LogP contribution in [-0.2, 0) is 23.7 Å². The molecule has 1 saturated heterocycles. The molecule has 30 heavy (non-hydrogen) atoms. The monoisotopic (exact) mass is 433 g/mol. The highest BCUT2D eigenvalue weighted by molar-refractivity contribution is 5.34. The Morgan fingerprint density at radius 1 is 0.900 bits per heavy atom. The molecule has 1 fully saturated rings. The molecule has 0 spiro atoms. The summed E-state index contributed by atoms with van der Waals surface area (Å²) in [5, 5.41) is 0. The topological polar surface area (TPSA) is 12.5 Å². The van der Waals surface area contributed by atoms with Crippen LogP contribution in [-0.4, -0.2) is 18.0 Å². The molecule has 1 aromatic carbocycles. The van der Waals surface area contributed by atoms with Crippen molar-refractivity contribution in [2.45, 2.75) is 58.5 Å². The van der Waals surface area contributed by atoms with Crippen LogP contribution in [0.5, 0.6) is 0 Å². The van der Waals surface area contributed by atoms with Crippen molar-refractivity contribution in [3.8, 4) is 0 Å². The zero-order chi connectivity index (χ0) is 22.2. The highest BCUT2D eigenvalue weighted by atomic mass is 19.4. The Hall–Kier alpha value is -2.12. The van der Waals surface area contributed by atoms with Gasteiger partial charge in [-0.2, -0.15) is 26.3 Å². The number of halogens is 6. The van der Waals surface area contributed by atoms with Crippen LogP contribution in [0.1, 0.15) is 56.2 Å². The van der Waals surface area contributed by atoms with Gasteiger partial charge in [-0.25, -0.2) is 0 Å². The van der Waals surface area contributed by atoms with E-state index < -0.39 is 23.5 Å². The van der Waals surface area contributed by atoms with Gasteiger partial charge in [0, 0.05) is 13.1 Å². The second-order valence-corrected chi connectivity index (χ2v) is 8.56. The van der Waals surface area contributed by atoms with Gasteiger partial charge in [-0.3, -0.25) is 0 Å². The zero-order valence-electron chi connectivity index (χ0n) is 17.0. The molecule has 1 heterocycles. The summed E-state index contributed by atoms with van der Waals surface area (Å²) < 4.78 is 84.3. The number of piperidine rings is 1. The van der Waals surface area contributed by atoms with E-state index in [1.165, 1.54) is 0 Å². The quantitative estimate of drug-likeness (QED) is 0.478. The summed E-state index contributed by atoms with van der Waals surface area (Å²) in [7, 11) is 0. The summed E-state index contributed by atoms with van der Waals surface area (Å²) in [6.45, 7) is 5.52. The first-order valence-electron chi connectivity index (χ1n) is 9.94. The molecule has 0 N–H and O–H groups in total. The van der Waals surface area contributed by atoms with E-state index in [2.05, 4.69) is 18.7 Å². The molecule has 0 aromatic heterocycles. The molecule has 2 aliphatic rings. The predicted molar refractivity (Wildman–Crippen MR) is 101 cm³/mol. The SMILES string of the molecule is CC1(C)C=CC(OCc2cc(C(F)(F)F)cc(C(F)(F)F)c2)=C(N2CCCCC2)C1. The van der Waals surface area contributed by atoms with Crippen molar-refractivity contribution in [2.24, 2.45) is 5.41 Å². The molecule has 0 bridgehead atoms. The van der Waals surface area contributed by atoms with E-state index in [1.807, 2.05) is 6.08 Å². The van der Waals surface area contributed by atoms with E-state index in [1.54, 1.807) is 6.08 Å². The van der Waals surface area contributed by atoms with Crippen molar-refractivity contribution in [2.75, 3.05) is 13.1 Å². The van der Waals surface area contributed by atoms with E-state index in [0.717, 1.165) is 38.0 Å². The van der Waals surface area contributed by atoms with Gasteiger partial charge < -0.3 is 9.64 Å². The van der Waals surface area contributed by atoms with Crippen LogP contribution >= 0.6 is 0 Å². The average Bonchev–Trinajstić information content (AvgIpc) is 2.65. The third kappa shape index (κ3) is 5.52. The molecule has 0 amide bonds. The van der Waals surface area contributed by atoms with Crippen LogP contribution in [0.15, 0.2) is 41.8 Å². The maximum atomic E-state index is 13.1. The zero-order valence-corrected chi connectivity index (χ0v) is 17.0. The third-order valence-electron chi connectivity index (χ3n) is 5.37. The summed E-state index contributed by atoms with van der Waals surface area (Å²) >= 11 is 0. The molecule has 0 atom stereocenters. The summed E-state index contributed by atoms with van der Waals surface area (Å²) in [6, 6.07) is 1.56. The average molecular weight is 433 g/mol. The van der Waals surface area contributed by atoms with Gasteiger partial charge in [0.25, 0.3) is 0 Å². The van der Waals surface area contributed by atoms with Gasteiger partial charge in [0.1, 0.15) is 12.4 Å². The highest BCUT2D eigenvalue weighted by Crippen LogP contribution is 2.38. The Morgan fingerprint density at radius 2 is 1.47 bits per heavy atom. The molecule has 2 nitrogen and oxygen atoms in total. The molecule has 3 rings (SSSR count). The van der Waals surface area contributed by atoms with Crippen molar-refractivity contribution in [1.29, 1.82) is 0 Å². The van der Waals surface area contributed by atoms with E-state index >= 15 is 0 Å². The Bertz CT molecular complexity index is 797. The first-order valence-corrected chi connectivity index (χ1v) is 9.94. The maximum absolute atomic E-state index is 13.1. The Kier molecular flexibility index (Phi) is 6.16. The van der Waals surface area contributed by atoms with Crippen molar-refractivity contribution in [3.63, 3.8) is 0 Å². The van der Waals surface area contributed by atoms with E-state index in [-0.39, 0.29) is 23.7 Å². The second-order valence-electron chi connectivity index (χ2n) is 8.56. The van der Waals surface area contributed by atoms with Crippen LogP contribution in [0.3, 0.4) is 0 Å². The fourth-order valence-corrected chi connectivity index (χ4v) is 3.80. The van der Waals surface area contributed by atoms with Gasteiger partial charge >= 0.3 is 12.4 Å². The van der Waals surface area contributed by atoms with Crippen molar-refractivity contribution in [1.82, 2.24) is 4.90 Å². The van der Waals surface area contributed by atoms with E-state index in [0.29, 0.717) is 24.3 Å². The first-order chi connectivity index (χ1) is 13.9. The molecule has 1 aliphatic heterocycles. The largest absolute Gasteiger partial charge is 0.487 e.